The van der Waals surface area contributed by atoms with Crippen molar-refractivity contribution in [3.05, 3.63) is 29.3 Å². The highest BCUT2D eigenvalue weighted by atomic mass is 32.2. The molecule has 0 aliphatic carbocycles. The van der Waals surface area contributed by atoms with Crippen LogP contribution in [-0.2, 0) is 10.0 Å². The zero-order valence-electron chi connectivity index (χ0n) is 9.60. The normalized spacial score (nSPS) is 11.1. The molecule has 0 saturated carbocycles. The lowest BCUT2D eigenvalue weighted by Crippen LogP contribution is -2.26. The van der Waals surface area contributed by atoms with Crippen molar-refractivity contribution >= 4 is 10.0 Å². The van der Waals surface area contributed by atoms with Crippen LogP contribution >= 0.6 is 0 Å². The SMILES string of the molecule is Cc1ccc(C#N)cc1S(=O)(=O)NCCCN. The first-order valence-electron chi connectivity index (χ1n) is 5.22. The van der Waals surface area contributed by atoms with Gasteiger partial charge in [-0.3, -0.25) is 0 Å². The number of rotatable bonds is 5. The molecule has 0 heterocycles. The Morgan fingerprint density at radius 1 is 1.47 bits per heavy atom. The van der Waals surface area contributed by atoms with Gasteiger partial charge in [0.1, 0.15) is 0 Å². The Hall–Kier alpha value is -1.42. The van der Waals surface area contributed by atoms with E-state index >= 15 is 0 Å². The van der Waals surface area contributed by atoms with Gasteiger partial charge in [-0.1, -0.05) is 6.07 Å². The quantitative estimate of drug-likeness (QED) is 0.746. The molecule has 0 atom stereocenters. The molecule has 92 valence electrons. The number of aryl methyl sites for hydroxylation is 1. The molecule has 1 rings (SSSR count). The van der Waals surface area contributed by atoms with Gasteiger partial charge in [0.2, 0.25) is 10.0 Å². The summed E-state index contributed by atoms with van der Waals surface area (Å²) < 4.78 is 26.3. The summed E-state index contributed by atoms with van der Waals surface area (Å²) in [6.45, 7) is 2.42. The van der Waals surface area contributed by atoms with Crippen LogP contribution in [0.25, 0.3) is 0 Å². The van der Waals surface area contributed by atoms with Crippen molar-refractivity contribution in [3.63, 3.8) is 0 Å². The molecule has 1 aromatic carbocycles. The lowest BCUT2D eigenvalue weighted by molar-refractivity contribution is 0.579. The van der Waals surface area contributed by atoms with E-state index in [-0.39, 0.29) is 4.90 Å². The Kier molecular flexibility index (Phi) is 4.63. The van der Waals surface area contributed by atoms with Crippen LogP contribution in [0.4, 0.5) is 0 Å². The van der Waals surface area contributed by atoms with Gasteiger partial charge in [0, 0.05) is 6.54 Å². The van der Waals surface area contributed by atoms with Crippen LogP contribution in [0, 0.1) is 18.3 Å². The first kappa shape index (κ1) is 13.6. The van der Waals surface area contributed by atoms with Crippen molar-refractivity contribution in [2.24, 2.45) is 5.73 Å². The number of nitrogens with zero attached hydrogens (tertiary/aromatic N) is 1. The second kappa shape index (κ2) is 5.77. The average Bonchev–Trinajstić information content (AvgIpc) is 2.29. The lowest BCUT2D eigenvalue weighted by atomic mass is 10.2. The summed E-state index contributed by atoms with van der Waals surface area (Å²) in [7, 11) is -3.55. The van der Waals surface area contributed by atoms with Gasteiger partial charge in [0.25, 0.3) is 0 Å². The van der Waals surface area contributed by atoms with E-state index < -0.39 is 10.0 Å². The summed E-state index contributed by atoms with van der Waals surface area (Å²) in [6.07, 6.45) is 0.580. The molecule has 0 unspecified atom stereocenters. The van der Waals surface area contributed by atoms with Gasteiger partial charge in [-0.25, -0.2) is 13.1 Å². The minimum Gasteiger partial charge on any atom is -0.330 e. The zero-order chi connectivity index (χ0) is 12.9. The predicted molar refractivity (Wildman–Crippen MR) is 64.8 cm³/mol. The number of nitrogens with one attached hydrogen (secondary N) is 1. The van der Waals surface area contributed by atoms with E-state index in [9.17, 15) is 8.42 Å². The van der Waals surface area contributed by atoms with Gasteiger partial charge >= 0.3 is 0 Å². The molecule has 5 nitrogen and oxygen atoms in total. The van der Waals surface area contributed by atoms with Crippen LogP contribution in [0.5, 0.6) is 0 Å². The summed E-state index contributed by atoms with van der Waals surface area (Å²) in [5.74, 6) is 0. The number of benzene rings is 1. The zero-order valence-corrected chi connectivity index (χ0v) is 10.4. The van der Waals surface area contributed by atoms with Gasteiger partial charge in [0.15, 0.2) is 0 Å². The molecular formula is C11H15N3O2S. The molecule has 3 N–H and O–H groups in total. The molecule has 0 bridgehead atoms. The Morgan fingerprint density at radius 2 is 2.18 bits per heavy atom. The Balaban J connectivity index is 3.02. The van der Waals surface area contributed by atoms with Crippen molar-refractivity contribution in [2.75, 3.05) is 13.1 Å². The summed E-state index contributed by atoms with van der Waals surface area (Å²) in [4.78, 5) is 0.147. The van der Waals surface area contributed by atoms with Gasteiger partial charge < -0.3 is 5.73 Å². The fourth-order valence-electron chi connectivity index (χ4n) is 1.35. The fourth-order valence-corrected chi connectivity index (χ4v) is 2.69. The van der Waals surface area contributed by atoms with E-state index in [2.05, 4.69) is 4.72 Å². The van der Waals surface area contributed by atoms with Crippen LogP contribution in [0.1, 0.15) is 17.5 Å². The Morgan fingerprint density at radius 3 is 2.76 bits per heavy atom. The third-order valence-electron chi connectivity index (χ3n) is 2.28. The third-order valence-corrected chi connectivity index (χ3v) is 3.88. The van der Waals surface area contributed by atoms with Crippen molar-refractivity contribution in [2.45, 2.75) is 18.2 Å². The lowest BCUT2D eigenvalue weighted by Gasteiger charge is -2.09. The van der Waals surface area contributed by atoms with Crippen LogP contribution < -0.4 is 10.5 Å². The number of nitrogens with two attached hydrogens (primary N) is 1. The van der Waals surface area contributed by atoms with Crippen LogP contribution in [0.3, 0.4) is 0 Å². The maximum Gasteiger partial charge on any atom is 0.240 e. The van der Waals surface area contributed by atoms with Gasteiger partial charge in [0.05, 0.1) is 16.5 Å². The van der Waals surface area contributed by atoms with E-state index in [1.54, 1.807) is 19.1 Å². The smallest absolute Gasteiger partial charge is 0.240 e. The van der Waals surface area contributed by atoms with E-state index in [0.29, 0.717) is 30.6 Å². The maximum absolute atomic E-state index is 11.9. The van der Waals surface area contributed by atoms with Gasteiger partial charge in [-0.15, -0.1) is 0 Å². The summed E-state index contributed by atoms with van der Waals surface area (Å²) in [6, 6.07) is 6.51. The summed E-state index contributed by atoms with van der Waals surface area (Å²) >= 11 is 0. The van der Waals surface area contributed by atoms with Crippen molar-refractivity contribution < 1.29 is 8.42 Å². The molecule has 0 aliphatic rings. The molecule has 1 aromatic rings. The summed E-state index contributed by atoms with van der Waals surface area (Å²) in [5, 5.41) is 8.75. The minimum atomic E-state index is -3.55. The molecule has 0 aliphatic heterocycles. The average molecular weight is 253 g/mol. The van der Waals surface area contributed by atoms with Crippen LogP contribution in [0.2, 0.25) is 0 Å². The predicted octanol–water partition coefficient (Wildman–Crippen LogP) is 0.494. The van der Waals surface area contributed by atoms with Crippen molar-refractivity contribution in [3.8, 4) is 6.07 Å². The van der Waals surface area contributed by atoms with Gasteiger partial charge in [-0.05, 0) is 37.6 Å². The largest absolute Gasteiger partial charge is 0.330 e. The van der Waals surface area contributed by atoms with Crippen molar-refractivity contribution in [1.29, 1.82) is 5.26 Å². The first-order chi connectivity index (χ1) is 8.01. The highest BCUT2D eigenvalue weighted by Gasteiger charge is 2.16. The molecule has 17 heavy (non-hydrogen) atoms. The number of hydrogen-bond donors (Lipinski definition) is 2. The highest BCUT2D eigenvalue weighted by molar-refractivity contribution is 7.89. The third kappa shape index (κ3) is 3.53. The second-order valence-electron chi connectivity index (χ2n) is 3.63. The molecule has 0 radical (unpaired) electrons. The molecule has 6 heteroatoms. The van der Waals surface area contributed by atoms with E-state index in [1.807, 2.05) is 6.07 Å². The maximum atomic E-state index is 11.9. The summed E-state index contributed by atoms with van der Waals surface area (Å²) in [5.41, 5.74) is 6.24. The van der Waals surface area contributed by atoms with E-state index in [0.717, 1.165) is 0 Å². The highest BCUT2D eigenvalue weighted by Crippen LogP contribution is 2.16. The van der Waals surface area contributed by atoms with E-state index in [4.69, 9.17) is 11.0 Å². The van der Waals surface area contributed by atoms with Crippen LogP contribution in [-0.4, -0.2) is 21.5 Å². The molecule has 0 saturated heterocycles. The van der Waals surface area contributed by atoms with Crippen molar-refractivity contribution in [1.82, 2.24) is 4.72 Å². The van der Waals surface area contributed by atoms with E-state index in [1.165, 1.54) is 6.07 Å². The van der Waals surface area contributed by atoms with Gasteiger partial charge in [-0.2, -0.15) is 5.26 Å². The number of hydrogen-bond acceptors (Lipinski definition) is 4. The first-order valence-corrected chi connectivity index (χ1v) is 6.70. The Labute approximate surface area is 101 Å². The molecule has 0 fully saturated rings. The van der Waals surface area contributed by atoms with Crippen LogP contribution in [0.15, 0.2) is 23.1 Å². The molecular weight excluding hydrogens is 238 g/mol. The fraction of sp³-hybridized carbons (Fsp3) is 0.364. The topological polar surface area (TPSA) is 96.0 Å². The monoisotopic (exact) mass is 253 g/mol. The minimum absolute atomic E-state index is 0.147. The molecule has 0 aromatic heterocycles. The standard InChI is InChI=1S/C11H15N3O2S/c1-9-3-4-10(8-13)7-11(9)17(15,16)14-6-2-5-12/h3-4,7,14H,2,5-6,12H2,1H3. The molecule has 0 spiro atoms. The number of sulfonamides is 1. The second-order valence-corrected chi connectivity index (χ2v) is 5.37. The Bertz CT molecular complexity index is 532. The molecule has 0 amide bonds. The number of nitriles is 1.